The van der Waals surface area contributed by atoms with Crippen LogP contribution < -0.4 is 32.8 Å². The Kier molecular flexibility index (Phi) is 12.8. The first kappa shape index (κ1) is 42.3. The summed E-state index contributed by atoms with van der Waals surface area (Å²) in [7, 11) is 0. The zero-order valence-corrected chi connectivity index (χ0v) is 38.2. The maximum Gasteiger partial charge on any atom is 0.240 e. The van der Waals surface area contributed by atoms with E-state index in [0.29, 0.717) is 0 Å². The van der Waals surface area contributed by atoms with Gasteiger partial charge in [-0.2, -0.15) is 0 Å². The third-order valence-electron chi connectivity index (χ3n) is 12.2. The Morgan fingerprint density at radius 3 is 1.39 bits per heavy atom. The molecule has 0 fully saturated rings. The topological polar surface area (TPSA) is 25.8 Å². The van der Waals surface area contributed by atoms with Gasteiger partial charge in [0.05, 0.1) is 0 Å². The van der Waals surface area contributed by atoms with E-state index in [1.54, 1.807) is 0 Å². The van der Waals surface area contributed by atoms with Crippen molar-refractivity contribution in [3.63, 3.8) is 0 Å². The monoisotopic (exact) mass is 973 g/mol. The van der Waals surface area contributed by atoms with E-state index in [4.69, 9.17) is 0 Å². The molecule has 7 aromatic carbocycles. The van der Waals surface area contributed by atoms with Crippen LogP contribution in [0.1, 0.15) is 27.8 Å². The Morgan fingerprint density at radius 2 is 0.871 bits per heavy atom. The summed E-state index contributed by atoms with van der Waals surface area (Å²) in [6.45, 7) is 11.4. The number of aryl methyl sites for hydroxylation is 5. The Hall–Kier alpha value is -6.38. The van der Waals surface area contributed by atoms with Crippen LogP contribution in [0.2, 0.25) is 0 Å². The number of hydrogen-bond donors (Lipinski definition) is 0. The summed E-state index contributed by atoms with van der Waals surface area (Å²) in [6.07, 6.45) is 3.76. The SMILES string of the molecule is Cc1ccc(-c2[c-]cccc2)nc1.Cc1cccc(C)c1B1c2ccccc2B(c2c(C)cccc2C)c2cc(-c3ccc(-c4ccnc(-c5[c-]cccc5)c4)cc3)ccc21.[Ir]. The van der Waals surface area contributed by atoms with E-state index in [2.05, 4.69) is 177 Å². The van der Waals surface area contributed by atoms with Gasteiger partial charge >= 0.3 is 0 Å². The number of benzene rings is 7. The number of rotatable bonds is 6. The molecule has 0 N–H and O–H groups in total. The van der Waals surface area contributed by atoms with E-state index in [0.717, 1.165) is 28.1 Å². The van der Waals surface area contributed by atoms with E-state index in [9.17, 15) is 0 Å². The molecule has 0 atom stereocenters. The van der Waals surface area contributed by atoms with Crippen molar-refractivity contribution < 1.29 is 20.1 Å². The van der Waals surface area contributed by atoms with Crippen LogP contribution in [0.15, 0.2) is 188 Å². The van der Waals surface area contributed by atoms with E-state index in [-0.39, 0.29) is 33.5 Å². The third-order valence-corrected chi connectivity index (χ3v) is 12.2. The second-order valence-electron chi connectivity index (χ2n) is 16.2. The number of aromatic nitrogens is 2. The van der Waals surface area contributed by atoms with Crippen LogP contribution in [0.25, 0.3) is 44.8 Å². The molecule has 5 heteroatoms. The summed E-state index contributed by atoms with van der Waals surface area (Å²) in [5, 5.41) is 0. The van der Waals surface area contributed by atoms with Gasteiger partial charge in [0, 0.05) is 32.5 Å². The molecular formula is C57H46B2IrN2-2. The Labute approximate surface area is 381 Å². The first-order chi connectivity index (χ1) is 29.8. The van der Waals surface area contributed by atoms with Crippen molar-refractivity contribution in [2.45, 2.75) is 34.6 Å². The summed E-state index contributed by atoms with van der Waals surface area (Å²) in [6, 6.07) is 69.5. The largest absolute Gasteiger partial charge is 0.305 e. The number of fused-ring (bicyclic) bond motifs is 2. The average Bonchev–Trinajstić information content (AvgIpc) is 3.30. The van der Waals surface area contributed by atoms with Crippen LogP contribution in [0.5, 0.6) is 0 Å². The van der Waals surface area contributed by atoms with Gasteiger partial charge in [-0.3, -0.25) is 0 Å². The van der Waals surface area contributed by atoms with Crippen molar-refractivity contribution in [1.29, 1.82) is 0 Å². The van der Waals surface area contributed by atoms with Crippen molar-refractivity contribution in [2.75, 3.05) is 0 Å². The van der Waals surface area contributed by atoms with Crippen LogP contribution in [-0.2, 0) is 20.1 Å². The van der Waals surface area contributed by atoms with Gasteiger partial charge in [-0.15, -0.1) is 71.8 Å². The molecule has 301 valence electrons. The van der Waals surface area contributed by atoms with Crippen LogP contribution in [0, 0.1) is 46.8 Å². The van der Waals surface area contributed by atoms with E-state index in [1.165, 1.54) is 77.3 Å². The molecule has 1 radical (unpaired) electrons. The summed E-state index contributed by atoms with van der Waals surface area (Å²) in [5.41, 5.74) is 23.8. The van der Waals surface area contributed by atoms with Crippen LogP contribution in [0.3, 0.4) is 0 Å². The van der Waals surface area contributed by atoms with Crippen molar-refractivity contribution >= 4 is 46.2 Å². The average molecular weight is 973 g/mol. The van der Waals surface area contributed by atoms with Gasteiger partial charge in [-0.1, -0.05) is 176 Å². The third kappa shape index (κ3) is 8.57. The molecule has 0 unspecified atom stereocenters. The predicted octanol–water partition coefficient (Wildman–Crippen LogP) is 9.32. The minimum atomic E-state index is 0. The minimum Gasteiger partial charge on any atom is -0.305 e. The summed E-state index contributed by atoms with van der Waals surface area (Å²) in [5.74, 6) is 0. The Bertz CT molecular complexity index is 2930. The van der Waals surface area contributed by atoms with E-state index >= 15 is 0 Å². The molecule has 3 heterocycles. The quantitative estimate of drug-likeness (QED) is 0.123. The van der Waals surface area contributed by atoms with Gasteiger partial charge in [0.25, 0.3) is 0 Å². The van der Waals surface area contributed by atoms with Crippen molar-refractivity contribution in [1.82, 2.24) is 9.97 Å². The summed E-state index contributed by atoms with van der Waals surface area (Å²) < 4.78 is 0. The minimum absolute atomic E-state index is 0. The molecule has 1 aliphatic heterocycles. The molecule has 0 spiro atoms. The molecular weight excluding hydrogens is 926 g/mol. The molecule has 0 aliphatic carbocycles. The molecule has 0 bridgehead atoms. The molecule has 0 saturated heterocycles. The maximum absolute atomic E-state index is 4.61. The Balaban J connectivity index is 0.000000323. The molecule has 1 aliphatic rings. The van der Waals surface area contributed by atoms with Gasteiger partial charge < -0.3 is 9.97 Å². The smallest absolute Gasteiger partial charge is 0.240 e. The first-order valence-electron chi connectivity index (χ1n) is 21.1. The second-order valence-corrected chi connectivity index (χ2v) is 16.2. The van der Waals surface area contributed by atoms with Gasteiger partial charge in [0.2, 0.25) is 13.4 Å². The molecule has 62 heavy (non-hydrogen) atoms. The number of hydrogen-bond acceptors (Lipinski definition) is 2. The first-order valence-corrected chi connectivity index (χ1v) is 21.1. The van der Waals surface area contributed by atoms with Crippen molar-refractivity contribution in [3.05, 3.63) is 228 Å². The zero-order valence-electron chi connectivity index (χ0n) is 35.8. The molecule has 0 amide bonds. The van der Waals surface area contributed by atoms with Crippen LogP contribution >= 0.6 is 0 Å². The zero-order chi connectivity index (χ0) is 41.9. The van der Waals surface area contributed by atoms with Crippen molar-refractivity contribution in [2.24, 2.45) is 0 Å². The van der Waals surface area contributed by atoms with Crippen LogP contribution in [0.4, 0.5) is 0 Å². The molecule has 0 saturated carbocycles. The van der Waals surface area contributed by atoms with E-state index < -0.39 is 0 Å². The van der Waals surface area contributed by atoms with Gasteiger partial charge in [0.15, 0.2) is 0 Å². The van der Waals surface area contributed by atoms with Crippen LogP contribution in [-0.4, -0.2) is 23.4 Å². The molecule has 2 nitrogen and oxygen atoms in total. The standard InChI is InChI=1S/C45H36B2N.C12H10N.Ir/c1-30-12-10-13-31(2)44(30)46-39-18-8-9-19-40(39)47(45-32(3)14-11-15-33(45)4)42-28-37(24-25-41(42)46)34-20-22-35(23-21-34)38-26-27-48-43(29-38)36-16-6-5-7-17-36;1-10-7-8-12(13-9-10)11-5-3-2-4-6-11;/h5-16,18-29H,1-4H3;2-5,7-9H,1H3;/q2*-1;. The number of pyridine rings is 2. The van der Waals surface area contributed by atoms with E-state index in [1.807, 2.05) is 67.8 Å². The Morgan fingerprint density at radius 1 is 0.387 bits per heavy atom. The van der Waals surface area contributed by atoms with Gasteiger partial charge in [-0.25, -0.2) is 0 Å². The number of nitrogens with zero attached hydrogens (tertiary/aromatic N) is 2. The second kappa shape index (κ2) is 18.7. The normalized spacial score (nSPS) is 11.4. The predicted molar refractivity (Wildman–Crippen MR) is 260 cm³/mol. The fourth-order valence-electron chi connectivity index (χ4n) is 9.17. The summed E-state index contributed by atoms with van der Waals surface area (Å²) in [4.78, 5) is 8.93. The fourth-order valence-corrected chi connectivity index (χ4v) is 9.17. The van der Waals surface area contributed by atoms with Crippen molar-refractivity contribution in [3.8, 4) is 44.8 Å². The van der Waals surface area contributed by atoms with Gasteiger partial charge in [-0.05, 0) is 79.9 Å². The summed E-state index contributed by atoms with van der Waals surface area (Å²) >= 11 is 0. The fraction of sp³-hybridized carbons (Fsp3) is 0.0877. The molecule has 2 aromatic heterocycles. The molecule has 9 aromatic rings. The maximum atomic E-state index is 4.61. The molecule has 10 rings (SSSR count). The van der Waals surface area contributed by atoms with Gasteiger partial charge in [0.1, 0.15) is 0 Å².